The predicted octanol–water partition coefficient (Wildman–Crippen LogP) is 3.54. The van der Waals surface area contributed by atoms with E-state index in [1.807, 2.05) is 18.2 Å². The smallest absolute Gasteiger partial charge is 0.303 e. The second-order valence-electron chi connectivity index (χ2n) is 10.0. The Morgan fingerprint density at radius 3 is 2.46 bits per heavy atom. The first-order chi connectivity index (χ1) is 17.6. The zero-order valence-corrected chi connectivity index (χ0v) is 21.2. The van der Waals surface area contributed by atoms with Gasteiger partial charge in [-0.3, -0.25) is 19.2 Å². The van der Waals surface area contributed by atoms with Gasteiger partial charge in [-0.05, 0) is 48.5 Å². The number of aliphatic carboxylic acids is 1. The van der Waals surface area contributed by atoms with Gasteiger partial charge < -0.3 is 21.3 Å². The topological polar surface area (TPSA) is 147 Å². The highest BCUT2D eigenvalue weighted by Crippen LogP contribution is 2.52. The quantitative estimate of drug-likeness (QED) is 0.117. The number of primary amides is 1. The fourth-order valence-electron chi connectivity index (χ4n) is 6.03. The van der Waals surface area contributed by atoms with E-state index in [9.17, 15) is 24.3 Å². The number of rotatable bonds is 10. The number of hydrogen-bond acceptors (Lipinski definition) is 5. The molecule has 8 heteroatoms. The summed E-state index contributed by atoms with van der Waals surface area (Å²) in [7, 11) is 0. The van der Waals surface area contributed by atoms with Crippen molar-refractivity contribution in [1.82, 2.24) is 5.32 Å². The lowest BCUT2D eigenvalue weighted by molar-refractivity contribution is -0.137. The maximum Gasteiger partial charge on any atom is 0.303 e. The number of carbonyl (C=O) groups is 4. The molecule has 198 valence electrons. The van der Waals surface area contributed by atoms with E-state index in [0.717, 1.165) is 12.8 Å². The van der Waals surface area contributed by atoms with Gasteiger partial charge in [0.05, 0.1) is 6.04 Å². The summed E-state index contributed by atoms with van der Waals surface area (Å²) in [4.78, 5) is 46.4. The molecule has 2 aliphatic carbocycles. The average Bonchev–Trinajstić information content (AvgIpc) is 3.32. The van der Waals surface area contributed by atoms with E-state index in [1.54, 1.807) is 12.2 Å². The summed E-state index contributed by atoms with van der Waals surface area (Å²) in [6.45, 7) is 4.54. The summed E-state index contributed by atoms with van der Waals surface area (Å²) in [5.41, 5.74) is 4.82. The first-order valence-electron chi connectivity index (χ1n) is 12.8. The molecule has 1 saturated carbocycles. The number of nitrogens with one attached hydrogen (secondary N) is 1. The van der Waals surface area contributed by atoms with Crippen LogP contribution in [-0.4, -0.2) is 39.8 Å². The van der Waals surface area contributed by atoms with Crippen molar-refractivity contribution in [3.05, 3.63) is 72.1 Å². The van der Waals surface area contributed by atoms with Gasteiger partial charge in [0.25, 0.3) is 5.91 Å². The van der Waals surface area contributed by atoms with Crippen LogP contribution >= 0.6 is 0 Å². The molecule has 1 heterocycles. The lowest BCUT2D eigenvalue weighted by atomic mass is 9.70. The van der Waals surface area contributed by atoms with Gasteiger partial charge in [-0.1, -0.05) is 68.9 Å². The summed E-state index contributed by atoms with van der Waals surface area (Å²) < 4.78 is 0. The highest BCUT2D eigenvalue weighted by molar-refractivity contribution is 6.27. The van der Waals surface area contributed by atoms with E-state index in [1.165, 1.54) is 12.2 Å². The second kappa shape index (κ2) is 12.5. The van der Waals surface area contributed by atoms with Crippen LogP contribution in [0.15, 0.2) is 72.1 Å². The SMILES string of the molecule is CC[C@H]1[C@@H]2C=C[C@H](/C=C/C=C/C(N)=O)[C@H](/C=C/C=C/C(O)=C3C(=O)N[C@@H](CCC(=O)O)C3=O)[C@H]2C[C@H]1C. The van der Waals surface area contributed by atoms with E-state index < -0.39 is 35.4 Å². The lowest BCUT2D eigenvalue weighted by Gasteiger charge is -2.35. The molecule has 1 aliphatic heterocycles. The highest BCUT2D eigenvalue weighted by atomic mass is 16.4. The molecular weight excluding hydrogens is 472 g/mol. The van der Waals surface area contributed by atoms with Crippen molar-refractivity contribution in [2.24, 2.45) is 41.2 Å². The molecule has 1 saturated heterocycles. The number of Topliss-reactive ketones (excluding diaryl/α,β-unsaturated/α-hetero) is 1. The van der Waals surface area contributed by atoms with Crippen molar-refractivity contribution in [2.45, 2.75) is 45.6 Å². The molecule has 37 heavy (non-hydrogen) atoms. The second-order valence-corrected chi connectivity index (χ2v) is 10.0. The molecule has 8 nitrogen and oxygen atoms in total. The average molecular weight is 509 g/mol. The monoisotopic (exact) mass is 508 g/mol. The van der Waals surface area contributed by atoms with Crippen molar-refractivity contribution < 1.29 is 29.4 Å². The zero-order chi connectivity index (χ0) is 27.1. The summed E-state index contributed by atoms with van der Waals surface area (Å²) in [6, 6.07) is -0.942. The Morgan fingerprint density at radius 1 is 1.08 bits per heavy atom. The van der Waals surface area contributed by atoms with Gasteiger partial charge in [0.1, 0.15) is 11.3 Å². The molecular formula is C29H36N2O6. The Kier molecular flexibility index (Phi) is 9.44. The van der Waals surface area contributed by atoms with Crippen LogP contribution in [0.2, 0.25) is 0 Å². The fourth-order valence-corrected chi connectivity index (χ4v) is 6.03. The first kappa shape index (κ1) is 27.9. The molecule has 0 spiro atoms. The lowest BCUT2D eigenvalue weighted by Crippen LogP contribution is -2.29. The van der Waals surface area contributed by atoms with Crippen LogP contribution in [0.1, 0.15) is 39.5 Å². The number of hydrogen-bond donors (Lipinski definition) is 4. The number of carboxylic acids is 1. The number of carbonyl (C=O) groups excluding carboxylic acids is 3. The third-order valence-corrected chi connectivity index (χ3v) is 7.73. The molecule has 0 aromatic carbocycles. The molecule has 2 fully saturated rings. The summed E-state index contributed by atoms with van der Waals surface area (Å²) in [6.07, 6.45) is 20.1. The minimum atomic E-state index is -1.06. The highest BCUT2D eigenvalue weighted by Gasteiger charge is 2.44. The Morgan fingerprint density at radius 2 is 1.78 bits per heavy atom. The third-order valence-electron chi connectivity index (χ3n) is 7.73. The first-order valence-corrected chi connectivity index (χ1v) is 12.8. The van der Waals surface area contributed by atoms with Crippen LogP contribution in [0.25, 0.3) is 0 Å². The molecule has 0 aromatic rings. The van der Waals surface area contributed by atoms with Crippen LogP contribution in [-0.2, 0) is 19.2 Å². The van der Waals surface area contributed by atoms with Gasteiger partial charge in [0.15, 0.2) is 5.78 Å². The van der Waals surface area contributed by atoms with E-state index in [-0.39, 0.29) is 30.3 Å². The number of ketones is 1. The molecule has 0 aromatic heterocycles. The van der Waals surface area contributed by atoms with Crippen molar-refractivity contribution in [2.75, 3.05) is 0 Å². The molecule has 0 unspecified atom stereocenters. The molecule has 3 rings (SSSR count). The van der Waals surface area contributed by atoms with Crippen LogP contribution in [0.3, 0.4) is 0 Å². The van der Waals surface area contributed by atoms with Gasteiger partial charge in [0, 0.05) is 18.4 Å². The van der Waals surface area contributed by atoms with Gasteiger partial charge in [-0.25, -0.2) is 0 Å². The van der Waals surface area contributed by atoms with Crippen molar-refractivity contribution >= 4 is 23.6 Å². The van der Waals surface area contributed by atoms with E-state index in [4.69, 9.17) is 10.8 Å². The number of allylic oxidation sites excluding steroid dienone is 9. The Balaban J connectivity index is 1.78. The molecule has 3 aliphatic rings. The standard InChI is InChI=1S/C29H36N2O6/c1-3-19-17(2)16-22-20(18(12-13-21(19)22)8-4-7-11-25(30)33)9-5-6-10-24(32)27-28(36)23(31-29(27)37)14-15-26(34)35/h4-13,17-23,32H,3,14-16H2,1-2H3,(H2,30,33)(H,31,37)(H,34,35)/b8-4+,9-5+,10-6+,11-7+,27-24?/t17-,18+,19-,20+,21+,22-,23+/m1/s1. The van der Waals surface area contributed by atoms with Gasteiger partial charge >= 0.3 is 5.97 Å². The fraction of sp³-hybridized carbons (Fsp3) is 0.448. The van der Waals surface area contributed by atoms with Gasteiger partial charge in [0.2, 0.25) is 5.91 Å². The minimum Gasteiger partial charge on any atom is -0.507 e. The van der Waals surface area contributed by atoms with Crippen LogP contribution in [0.5, 0.6) is 0 Å². The minimum absolute atomic E-state index is 0.0290. The summed E-state index contributed by atoms with van der Waals surface area (Å²) in [5, 5.41) is 21.7. The molecule has 5 N–H and O–H groups in total. The van der Waals surface area contributed by atoms with Crippen LogP contribution in [0.4, 0.5) is 0 Å². The van der Waals surface area contributed by atoms with Crippen molar-refractivity contribution in [3.63, 3.8) is 0 Å². The molecule has 0 radical (unpaired) electrons. The number of carboxylic acid groups (broad SMARTS) is 1. The van der Waals surface area contributed by atoms with Crippen molar-refractivity contribution in [1.29, 1.82) is 0 Å². The zero-order valence-electron chi connectivity index (χ0n) is 21.2. The summed E-state index contributed by atoms with van der Waals surface area (Å²) >= 11 is 0. The molecule has 0 bridgehead atoms. The number of fused-ring (bicyclic) bond motifs is 1. The molecule has 2 amide bonds. The number of aliphatic hydroxyl groups excluding tert-OH is 1. The van der Waals surface area contributed by atoms with Crippen LogP contribution < -0.4 is 11.1 Å². The normalized spacial score (nSPS) is 33.2. The van der Waals surface area contributed by atoms with E-state index in [0.29, 0.717) is 23.7 Å². The third kappa shape index (κ3) is 6.76. The number of amides is 2. The van der Waals surface area contributed by atoms with E-state index >= 15 is 0 Å². The summed E-state index contributed by atoms with van der Waals surface area (Å²) in [5.74, 6) is -0.811. The Labute approximate surface area is 217 Å². The maximum atomic E-state index is 12.5. The van der Waals surface area contributed by atoms with Gasteiger partial charge in [-0.2, -0.15) is 0 Å². The predicted molar refractivity (Wildman–Crippen MR) is 140 cm³/mol. The Hall–Kier alpha value is -3.68. The molecule has 7 atom stereocenters. The largest absolute Gasteiger partial charge is 0.507 e. The van der Waals surface area contributed by atoms with Crippen molar-refractivity contribution in [3.8, 4) is 0 Å². The maximum absolute atomic E-state index is 12.5. The Bertz CT molecular complexity index is 1100. The van der Waals surface area contributed by atoms with Crippen LogP contribution in [0, 0.1) is 35.5 Å². The number of aliphatic hydroxyl groups is 1. The van der Waals surface area contributed by atoms with Gasteiger partial charge in [-0.15, -0.1) is 0 Å². The number of nitrogens with two attached hydrogens (primary N) is 1. The van der Waals surface area contributed by atoms with E-state index in [2.05, 4.69) is 37.4 Å².